The number of fused-ring (bicyclic) bond motifs is 1. The van der Waals surface area contributed by atoms with Gasteiger partial charge in [0.05, 0.1) is 23.9 Å². The van der Waals surface area contributed by atoms with Gasteiger partial charge >= 0.3 is 0 Å². The van der Waals surface area contributed by atoms with Crippen molar-refractivity contribution < 1.29 is 5.11 Å². The third-order valence-corrected chi connectivity index (χ3v) is 4.39. The fourth-order valence-corrected chi connectivity index (χ4v) is 3.01. The van der Waals surface area contributed by atoms with E-state index >= 15 is 0 Å². The second kappa shape index (κ2) is 9.01. The average molecular weight is 375 g/mol. The molecule has 4 aromatic rings. The van der Waals surface area contributed by atoms with Gasteiger partial charge in [-0.15, -0.1) is 0 Å². The van der Waals surface area contributed by atoms with Crippen LogP contribution in [0.1, 0.15) is 25.5 Å². The molecule has 2 aromatic carbocycles. The SMILES string of the molecule is CC.Nc1n[nH]c2ccc(-c3cncc(NC(CO)c4ccccc4)c3)cc12. The van der Waals surface area contributed by atoms with Crippen molar-refractivity contribution in [3.63, 3.8) is 0 Å². The van der Waals surface area contributed by atoms with Gasteiger partial charge in [-0.3, -0.25) is 10.1 Å². The first-order valence-corrected chi connectivity index (χ1v) is 9.36. The fourth-order valence-electron chi connectivity index (χ4n) is 3.01. The number of pyridine rings is 1. The summed E-state index contributed by atoms with van der Waals surface area (Å²) in [6.07, 6.45) is 3.55. The Morgan fingerprint density at radius 2 is 1.82 bits per heavy atom. The minimum atomic E-state index is -0.194. The lowest BCUT2D eigenvalue weighted by Crippen LogP contribution is -2.14. The molecule has 1 atom stereocenters. The third kappa shape index (κ3) is 4.13. The number of aliphatic hydroxyl groups excluding tert-OH is 1. The molecule has 1 unspecified atom stereocenters. The molecule has 4 rings (SSSR count). The van der Waals surface area contributed by atoms with Crippen LogP contribution in [0.15, 0.2) is 67.0 Å². The van der Waals surface area contributed by atoms with E-state index in [4.69, 9.17) is 5.73 Å². The Labute approximate surface area is 164 Å². The van der Waals surface area contributed by atoms with E-state index in [0.29, 0.717) is 5.82 Å². The predicted molar refractivity (Wildman–Crippen MR) is 115 cm³/mol. The highest BCUT2D eigenvalue weighted by Gasteiger charge is 2.11. The highest BCUT2D eigenvalue weighted by Crippen LogP contribution is 2.28. The molecule has 0 saturated carbocycles. The van der Waals surface area contributed by atoms with Crippen LogP contribution in [0.5, 0.6) is 0 Å². The average Bonchev–Trinajstić information content (AvgIpc) is 3.14. The largest absolute Gasteiger partial charge is 0.394 e. The summed E-state index contributed by atoms with van der Waals surface area (Å²) < 4.78 is 0. The van der Waals surface area contributed by atoms with Crippen LogP contribution in [-0.4, -0.2) is 26.9 Å². The number of nitrogens with one attached hydrogen (secondary N) is 2. The van der Waals surface area contributed by atoms with Gasteiger partial charge < -0.3 is 16.2 Å². The number of nitrogens with two attached hydrogens (primary N) is 1. The van der Waals surface area contributed by atoms with E-state index in [1.54, 1.807) is 12.4 Å². The van der Waals surface area contributed by atoms with E-state index in [0.717, 1.165) is 33.3 Å². The molecule has 0 amide bonds. The van der Waals surface area contributed by atoms with E-state index in [1.165, 1.54) is 0 Å². The zero-order valence-electron chi connectivity index (χ0n) is 16.1. The van der Waals surface area contributed by atoms with E-state index < -0.39 is 0 Å². The van der Waals surface area contributed by atoms with Gasteiger partial charge in [-0.2, -0.15) is 5.10 Å². The summed E-state index contributed by atoms with van der Waals surface area (Å²) in [4.78, 5) is 4.33. The smallest absolute Gasteiger partial charge is 0.153 e. The molecule has 144 valence electrons. The minimum Gasteiger partial charge on any atom is -0.394 e. The molecule has 2 heterocycles. The Bertz CT molecular complexity index is 1030. The van der Waals surface area contributed by atoms with Crippen LogP contribution in [0.25, 0.3) is 22.0 Å². The number of anilines is 2. The number of nitrogens with zero attached hydrogens (tertiary/aromatic N) is 2. The Hall–Kier alpha value is -3.38. The van der Waals surface area contributed by atoms with Crippen molar-refractivity contribution in [2.75, 3.05) is 17.7 Å². The van der Waals surface area contributed by atoms with Gasteiger partial charge in [-0.05, 0) is 29.3 Å². The molecule has 0 fully saturated rings. The van der Waals surface area contributed by atoms with Gasteiger partial charge in [-0.1, -0.05) is 50.2 Å². The molecule has 0 aliphatic rings. The number of nitrogen functional groups attached to an aromatic ring is 1. The summed E-state index contributed by atoms with van der Waals surface area (Å²) in [5, 5.41) is 20.9. The lowest BCUT2D eigenvalue weighted by molar-refractivity contribution is 0.276. The van der Waals surface area contributed by atoms with E-state index in [1.807, 2.05) is 68.4 Å². The number of aromatic nitrogens is 3. The number of hydrogen-bond acceptors (Lipinski definition) is 5. The molecule has 0 radical (unpaired) electrons. The van der Waals surface area contributed by atoms with E-state index in [9.17, 15) is 5.11 Å². The molecule has 0 bridgehead atoms. The summed E-state index contributed by atoms with van der Waals surface area (Å²) in [6, 6.07) is 17.6. The zero-order chi connectivity index (χ0) is 19.9. The van der Waals surface area contributed by atoms with Crippen molar-refractivity contribution in [2.45, 2.75) is 19.9 Å². The van der Waals surface area contributed by atoms with Gasteiger partial charge in [0.1, 0.15) is 0 Å². The van der Waals surface area contributed by atoms with Crippen LogP contribution >= 0.6 is 0 Å². The Balaban J connectivity index is 0.00000109. The Kier molecular flexibility index (Phi) is 6.24. The summed E-state index contributed by atoms with van der Waals surface area (Å²) in [5.41, 5.74) is 10.6. The van der Waals surface area contributed by atoms with Crippen LogP contribution in [0.2, 0.25) is 0 Å². The van der Waals surface area contributed by atoms with Gasteiger partial charge in [-0.25, -0.2) is 0 Å². The van der Waals surface area contributed by atoms with Crippen LogP contribution in [0.4, 0.5) is 11.5 Å². The first-order chi connectivity index (χ1) is 13.7. The second-order valence-corrected chi connectivity index (χ2v) is 6.12. The maximum absolute atomic E-state index is 9.75. The van der Waals surface area contributed by atoms with Crippen LogP contribution in [0, 0.1) is 0 Å². The van der Waals surface area contributed by atoms with Gasteiger partial charge in [0.15, 0.2) is 5.82 Å². The summed E-state index contributed by atoms with van der Waals surface area (Å²) >= 11 is 0. The Morgan fingerprint density at radius 1 is 1.04 bits per heavy atom. The molecule has 5 N–H and O–H groups in total. The lowest BCUT2D eigenvalue weighted by Gasteiger charge is -2.18. The maximum Gasteiger partial charge on any atom is 0.153 e. The number of hydrogen-bond donors (Lipinski definition) is 4. The predicted octanol–water partition coefficient (Wildman–Crippen LogP) is 4.38. The zero-order valence-corrected chi connectivity index (χ0v) is 16.1. The Morgan fingerprint density at radius 3 is 2.57 bits per heavy atom. The number of rotatable bonds is 5. The third-order valence-electron chi connectivity index (χ3n) is 4.39. The monoisotopic (exact) mass is 375 g/mol. The summed E-state index contributed by atoms with van der Waals surface area (Å²) in [7, 11) is 0. The van der Waals surface area contributed by atoms with Crippen LogP contribution < -0.4 is 11.1 Å². The van der Waals surface area contributed by atoms with Crippen molar-refractivity contribution in [3.8, 4) is 11.1 Å². The van der Waals surface area contributed by atoms with E-state index in [-0.39, 0.29) is 12.6 Å². The van der Waals surface area contributed by atoms with Crippen LogP contribution in [-0.2, 0) is 0 Å². The molecule has 0 aliphatic carbocycles. The normalized spacial score (nSPS) is 11.5. The molecular formula is C22H25N5O. The van der Waals surface area contributed by atoms with E-state index in [2.05, 4.69) is 20.5 Å². The van der Waals surface area contributed by atoms with Gasteiger partial charge in [0.2, 0.25) is 0 Å². The molecule has 2 aromatic heterocycles. The molecule has 28 heavy (non-hydrogen) atoms. The van der Waals surface area contributed by atoms with Gasteiger partial charge in [0.25, 0.3) is 0 Å². The van der Waals surface area contributed by atoms with Crippen LogP contribution in [0.3, 0.4) is 0 Å². The molecule has 6 nitrogen and oxygen atoms in total. The highest BCUT2D eigenvalue weighted by atomic mass is 16.3. The summed E-state index contributed by atoms with van der Waals surface area (Å²) in [5.74, 6) is 0.480. The first kappa shape index (κ1) is 19.4. The molecule has 0 saturated heterocycles. The molecule has 0 aliphatic heterocycles. The van der Waals surface area contributed by atoms with Crippen molar-refractivity contribution >= 4 is 22.4 Å². The second-order valence-electron chi connectivity index (χ2n) is 6.12. The minimum absolute atomic E-state index is 0.00818. The van der Waals surface area contributed by atoms with Crippen molar-refractivity contribution in [3.05, 3.63) is 72.6 Å². The first-order valence-electron chi connectivity index (χ1n) is 9.36. The number of aliphatic hydroxyl groups is 1. The highest BCUT2D eigenvalue weighted by molar-refractivity contribution is 5.92. The van der Waals surface area contributed by atoms with Crippen molar-refractivity contribution in [2.24, 2.45) is 0 Å². The topological polar surface area (TPSA) is 99.9 Å². The standard InChI is InChI=1S/C20H19N5O.C2H6/c21-20-17-9-14(6-7-18(17)24-25-20)15-8-16(11-22-10-15)23-19(12-26)13-4-2-1-3-5-13;1-2/h1-11,19,23,26H,12H2,(H3,21,24,25);1-2H3. The number of benzene rings is 2. The summed E-state index contributed by atoms with van der Waals surface area (Å²) in [6.45, 7) is 3.99. The van der Waals surface area contributed by atoms with Crippen molar-refractivity contribution in [1.82, 2.24) is 15.2 Å². The maximum atomic E-state index is 9.75. The quantitative estimate of drug-likeness (QED) is 0.415. The molecule has 6 heteroatoms. The number of H-pyrrole nitrogens is 1. The molecule has 0 spiro atoms. The van der Waals surface area contributed by atoms with Gasteiger partial charge in [0, 0.05) is 23.3 Å². The number of aromatic amines is 1. The fraction of sp³-hybridized carbons (Fsp3) is 0.182. The lowest BCUT2D eigenvalue weighted by atomic mass is 10.0. The van der Waals surface area contributed by atoms with Crippen molar-refractivity contribution in [1.29, 1.82) is 0 Å². The molecular weight excluding hydrogens is 350 g/mol.